The maximum absolute atomic E-state index is 12.9. The molecule has 1 N–H and O–H groups in total. The fourth-order valence-corrected chi connectivity index (χ4v) is 4.04. The van der Waals surface area contributed by atoms with Crippen LogP contribution in [0.5, 0.6) is 5.75 Å². The average molecular weight is 438 g/mol. The normalized spacial score (nSPS) is 10.9. The zero-order valence-corrected chi connectivity index (χ0v) is 17.8. The molecule has 11 heteroatoms. The van der Waals surface area contributed by atoms with Crippen LogP contribution in [0, 0.1) is 17.0 Å². The molecule has 0 aliphatic carbocycles. The molecule has 0 saturated carbocycles. The predicted octanol–water partition coefficient (Wildman–Crippen LogP) is 3.89. The van der Waals surface area contributed by atoms with Gasteiger partial charge in [-0.2, -0.15) is 9.61 Å². The minimum atomic E-state index is -0.508. The summed E-state index contributed by atoms with van der Waals surface area (Å²) in [5, 5.41) is 27.5. The number of fused-ring (bicyclic) bond motifs is 1. The van der Waals surface area contributed by atoms with Crippen molar-refractivity contribution in [2.45, 2.75) is 20.3 Å². The fraction of sp³-hybridized carbons (Fsp3) is 0.200. The van der Waals surface area contributed by atoms with Crippen LogP contribution in [0.2, 0.25) is 0 Å². The van der Waals surface area contributed by atoms with E-state index in [1.165, 1.54) is 30.6 Å². The van der Waals surface area contributed by atoms with Gasteiger partial charge < -0.3 is 10.1 Å². The van der Waals surface area contributed by atoms with E-state index >= 15 is 0 Å². The molecule has 2 aromatic heterocycles. The Morgan fingerprint density at radius 2 is 2.10 bits per heavy atom. The zero-order valence-electron chi connectivity index (χ0n) is 16.9. The third-order valence-corrected chi connectivity index (χ3v) is 5.76. The molecular formula is C20H18N6O4S. The van der Waals surface area contributed by atoms with Crippen molar-refractivity contribution in [1.29, 1.82) is 0 Å². The summed E-state index contributed by atoms with van der Waals surface area (Å²) in [6, 6.07) is 9.71. The number of nitro groups is 1. The number of benzene rings is 2. The van der Waals surface area contributed by atoms with Gasteiger partial charge in [0.15, 0.2) is 5.82 Å². The summed E-state index contributed by atoms with van der Waals surface area (Å²) in [6.07, 6.45) is 0.705. The first-order valence-electron chi connectivity index (χ1n) is 9.37. The van der Waals surface area contributed by atoms with Crippen LogP contribution in [-0.2, 0) is 6.42 Å². The van der Waals surface area contributed by atoms with Crippen LogP contribution >= 0.6 is 11.3 Å². The summed E-state index contributed by atoms with van der Waals surface area (Å²) in [5.74, 6) is 0.751. The number of hydrogen-bond donors (Lipinski definition) is 1. The fourth-order valence-electron chi connectivity index (χ4n) is 3.19. The minimum absolute atomic E-state index is 0.111. The third kappa shape index (κ3) is 3.70. The number of aromatic nitrogens is 4. The van der Waals surface area contributed by atoms with Crippen molar-refractivity contribution in [3.8, 4) is 16.3 Å². The molecule has 2 heterocycles. The Labute approximate surface area is 180 Å². The van der Waals surface area contributed by atoms with Crippen molar-refractivity contribution < 1.29 is 14.5 Å². The average Bonchev–Trinajstić information content (AvgIpc) is 3.34. The van der Waals surface area contributed by atoms with E-state index in [1.807, 2.05) is 13.0 Å². The van der Waals surface area contributed by atoms with Gasteiger partial charge in [-0.05, 0) is 31.2 Å². The molecule has 0 atom stereocenters. The number of methoxy groups -OCH3 is 1. The maximum Gasteiger partial charge on any atom is 0.273 e. The quantitative estimate of drug-likeness (QED) is 0.358. The number of carbonyl (C=O) groups is 1. The van der Waals surface area contributed by atoms with E-state index in [0.717, 1.165) is 11.4 Å². The number of anilines is 1. The molecule has 31 heavy (non-hydrogen) atoms. The zero-order chi connectivity index (χ0) is 22.1. The first kappa shape index (κ1) is 20.4. The van der Waals surface area contributed by atoms with Gasteiger partial charge in [-0.3, -0.25) is 14.9 Å². The van der Waals surface area contributed by atoms with E-state index in [9.17, 15) is 14.9 Å². The lowest BCUT2D eigenvalue weighted by Crippen LogP contribution is -2.14. The number of carbonyl (C=O) groups excluding carboxylic acids is 1. The lowest BCUT2D eigenvalue weighted by Gasteiger charge is -2.12. The Morgan fingerprint density at radius 3 is 2.81 bits per heavy atom. The Balaban J connectivity index is 1.69. The first-order chi connectivity index (χ1) is 14.9. The number of aryl methyl sites for hydroxylation is 1. The molecule has 0 bridgehead atoms. The summed E-state index contributed by atoms with van der Waals surface area (Å²) >= 11 is 1.38. The Morgan fingerprint density at radius 1 is 1.29 bits per heavy atom. The van der Waals surface area contributed by atoms with Crippen LogP contribution in [0.25, 0.3) is 15.5 Å². The van der Waals surface area contributed by atoms with Gasteiger partial charge in [0, 0.05) is 29.2 Å². The minimum Gasteiger partial charge on any atom is -0.495 e. The smallest absolute Gasteiger partial charge is 0.273 e. The lowest BCUT2D eigenvalue weighted by atomic mass is 10.1. The molecule has 4 aromatic rings. The van der Waals surface area contributed by atoms with Crippen LogP contribution in [-0.4, -0.2) is 37.8 Å². The Bertz CT molecular complexity index is 1310. The summed E-state index contributed by atoms with van der Waals surface area (Å²) in [5.41, 5.74) is 1.59. The van der Waals surface area contributed by atoms with E-state index in [-0.39, 0.29) is 11.3 Å². The van der Waals surface area contributed by atoms with E-state index in [2.05, 4.69) is 20.6 Å². The number of nitrogens with zero attached hydrogens (tertiary/aromatic N) is 5. The first-order valence-corrected chi connectivity index (χ1v) is 10.2. The molecule has 2 aromatic carbocycles. The highest BCUT2D eigenvalue weighted by molar-refractivity contribution is 7.19. The van der Waals surface area contributed by atoms with Gasteiger partial charge in [0.1, 0.15) is 10.8 Å². The van der Waals surface area contributed by atoms with Crippen molar-refractivity contribution in [3.05, 3.63) is 63.5 Å². The van der Waals surface area contributed by atoms with Gasteiger partial charge in [-0.15, -0.1) is 10.2 Å². The summed E-state index contributed by atoms with van der Waals surface area (Å²) in [6.45, 7) is 3.53. The lowest BCUT2D eigenvalue weighted by molar-refractivity contribution is -0.385. The number of ether oxygens (including phenoxy) is 1. The van der Waals surface area contributed by atoms with Crippen LogP contribution in [0.3, 0.4) is 0 Å². The second-order valence-corrected chi connectivity index (χ2v) is 7.60. The molecule has 1 amide bonds. The Kier molecular flexibility index (Phi) is 5.34. The monoisotopic (exact) mass is 438 g/mol. The molecular weight excluding hydrogens is 420 g/mol. The van der Waals surface area contributed by atoms with Crippen LogP contribution in [0.4, 0.5) is 11.4 Å². The van der Waals surface area contributed by atoms with Crippen molar-refractivity contribution in [2.24, 2.45) is 0 Å². The predicted molar refractivity (Wildman–Crippen MR) is 116 cm³/mol. The summed E-state index contributed by atoms with van der Waals surface area (Å²) in [7, 11) is 1.50. The number of amides is 1. The Hall–Kier alpha value is -3.86. The van der Waals surface area contributed by atoms with Crippen LogP contribution in [0.1, 0.15) is 28.7 Å². The topological polar surface area (TPSA) is 125 Å². The van der Waals surface area contributed by atoms with Gasteiger partial charge in [-0.1, -0.05) is 24.3 Å². The second-order valence-electron chi connectivity index (χ2n) is 6.65. The third-order valence-electron chi connectivity index (χ3n) is 4.81. The number of nitro benzene ring substituents is 1. The van der Waals surface area contributed by atoms with Crippen molar-refractivity contribution >= 4 is 33.6 Å². The molecule has 0 spiro atoms. The highest BCUT2D eigenvalue weighted by Gasteiger charge is 2.20. The number of hydrogen-bond acceptors (Lipinski definition) is 8. The highest BCUT2D eigenvalue weighted by Crippen LogP contribution is 2.33. The largest absolute Gasteiger partial charge is 0.495 e. The summed E-state index contributed by atoms with van der Waals surface area (Å²) < 4.78 is 7.08. The van der Waals surface area contributed by atoms with E-state index < -0.39 is 10.8 Å². The molecule has 158 valence electrons. The molecule has 0 radical (unpaired) electrons. The molecule has 0 aliphatic rings. The number of rotatable bonds is 6. The molecule has 10 nitrogen and oxygen atoms in total. The molecule has 0 unspecified atom stereocenters. The van der Waals surface area contributed by atoms with Gasteiger partial charge in [0.2, 0.25) is 4.96 Å². The van der Waals surface area contributed by atoms with Crippen molar-refractivity contribution in [1.82, 2.24) is 19.8 Å². The van der Waals surface area contributed by atoms with Gasteiger partial charge in [-0.25, -0.2) is 0 Å². The standard InChI is InChI=1S/C20H18N6O4S/c1-4-17-22-23-20-25(17)24-19(31-20)12-8-9-16(30-3)14(10-12)21-18(27)13-6-5-7-15(11(13)2)26(28)29/h5-10H,4H2,1-3H3,(H,21,27). The van der Waals surface area contributed by atoms with Crippen molar-refractivity contribution in [2.75, 3.05) is 12.4 Å². The van der Waals surface area contributed by atoms with E-state index in [4.69, 9.17) is 4.74 Å². The van der Waals surface area contributed by atoms with Crippen LogP contribution < -0.4 is 10.1 Å². The summed E-state index contributed by atoms with van der Waals surface area (Å²) in [4.78, 5) is 24.2. The van der Waals surface area contributed by atoms with E-state index in [0.29, 0.717) is 33.4 Å². The van der Waals surface area contributed by atoms with Gasteiger partial charge in [0.25, 0.3) is 11.6 Å². The SMILES string of the molecule is CCc1nnc2sc(-c3ccc(OC)c(NC(=O)c4cccc([N+](=O)[O-])c4C)c3)nn12. The van der Waals surface area contributed by atoms with E-state index in [1.54, 1.807) is 29.6 Å². The maximum atomic E-state index is 12.9. The van der Waals surface area contributed by atoms with Gasteiger partial charge >= 0.3 is 0 Å². The molecule has 4 rings (SSSR count). The molecule has 0 aliphatic heterocycles. The van der Waals surface area contributed by atoms with Crippen molar-refractivity contribution in [3.63, 3.8) is 0 Å². The van der Waals surface area contributed by atoms with Gasteiger partial charge in [0.05, 0.1) is 17.7 Å². The molecule has 0 saturated heterocycles. The van der Waals surface area contributed by atoms with Crippen LogP contribution in [0.15, 0.2) is 36.4 Å². The molecule has 0 fully saturated rings. The number of nitrogens with one attached hydrogen (secondary N) is 1. The second kappa shape index (κ2) is 8.11. The highest BCUT2D eigenvalue weighted by atomic mass is 32.1.